The van der Waals surface area contributed by atoms with Crippen LogP contribution in [0.15, 0.2) is 24.3 Å². The van der Waals surface area contributed by atoms with Crippen molar-refractivity contribution in [3.63, 3.8) is 0 Å². The monoisotopic (exact) mass is 293 g/mol. The molecule has 21 heavy (non-hydrogen) atoms. The zero-order valence-electron chi connectivity index (χ0n) is 13.2. The van der Waals surface area contributed by atoms with E-state index < -0.39 is 12.0 Å². The molecule has 0 heterocycles. The van der Waals surface area contributed by atoms with Crippen LogP contribution in [0.2, 0.25) is 0 Å². The number of carbonyl (C=O) groups is 2. The standard InChI is InChI=1S/C16H23NO4/c1-10(2)17(12(5)18)15(16(19)20)13-6-8-14(9-7-13)21-11(3)4/h6-11,15H,1-5H3,(H,19,20). The van der Waals surface area contributed by atoms with Gasteiger partial charge in [0.05, 0.1) is 6.10 Å². The number of benzene rings is 1. The molecule has 0 aromatic heterocycles. The van der Waals surface area contributed by atoms with Gasteiger partial charge >= 0.3 is 5.97 Å². The lowest BCUT2D eigenvalue weighted by Gasteiger charge is -2.31. The number of carboxylic acids is 1. The number of nitrogens with zero attached hydrogens (tertiary/aromatic N) is 1. The molecule has 1 amide bonds. The van der Waals surface area contributed by atoms with Gasteiger partial charge in [0.2, 0.25) is 5.91 Å². The first kappa shape index (κ1) is 17.0. The van der Waals surface area contributed by atoms with E-state index in [4.69, 9.17) is 4.74 Å². The fraction of sp³-hybridized carbons (Fsp3) is 0.500. The van der Waals surface area contributed by atoms with Crippen molar-refractivity contribution in [2.75, 3.05) is 0 Å². The van der Waals surface area contributed by atoms with Crippen molar-refractivity contribution in [3.05, 3.63) is 29.8 Å². The van der Waals surface area contributed by atoms with Crippen molar-refractivity contribution >= 4 is 11.9 Å². The third kappa shape index (κ3) is 4.48. The molecule has 1 unspecified atom stereocenters. The minimum absolute atomic E-state index is 0.0514. The summed E-state index contributed by atoms with van der Waals surface area (Å²) >= 11 is 0. The Hall–Kier alpha value is -2.04. The molecule has 0 aliphatic carbocycles. The second kappa shape index (κ2) is 7.11. The molecule has 0 aliphatic heterocycles. The highest BCUT2D eigenvalue weighted by molar-refractivity contribution is 5.83. The van der Waals surface area contributed by atoms with Gasteiger partial charge in [0, 0.05) is 13.0 Å². The zero-order valence-corrected chi connectivity index (χ0v) is 13.2. The summed E-state index contributed by atoms with van der Waals surface area (Å²) in [5.74, 6) is -0.631. The molecule has 0 spiro atoms. The summed E-state index contributed by atoms with van der Waals surface area (Å²) in [5, 5.41) is 9.48. The van der Waals surface area contributed by atoms with Crippen LogP contribution in [-0.4, -0.2) is 34.0 Å². The molecule has 1 aromatic rings. The van der Waals surface area contributed by atoms with Crippen LogP contribution in [0, 0.1) is 0 Å². The largest absolute Gasteiger partial charge is 0.491 e. The highest BCUT2D eigenvalue weighted by Crippen LogP contribution is 2.26. The van der Waals surface area contributed by atoms with E-state index in [1.165, 1.54) is 11.8 Å². The van der Waals surface area contributed by atoms with Gasteiger partial charge in [0.25, 0.3) is 0 Å². The molecule has 5 heteroatoms. The number of ether oxygens (including phenoxy) is 1. The van der Waals surface area contributed by atoms with E-state index in [1.807, 2.05) is 13.8 Å². The van der Waals surface area contributed by atoms with Gasteiger partial charge in [0.15, 0.2) is 6.04 Å². The number of aliphatic carboxylic acids is 1. The number of carboxylic acid groups (broad SMARTS) is 1. The molecule has 1 aromatic carbocycles. The Bertz CT molecular complexity index is 494. The van der Waals surface area contributed by atoms with E-state index >= 15 is 0 Å². The molecular formula is C16H23NO4. The van der Waals surface area contributed by atoms with Crippen molar-refractivity contribution in [3.8, 4) is 5.75 Å². The van der Waals surface area contributed by atoms with Crippen LogP contribution in [0.1, 0.15) is 46.2 Å². The van der Waals surface area contributed by atoms with Crippen LogP contribution in [0.3, 0.4) is 0 Å². The van der Waals surface area contributed by atoms with Gasteiger partial charge in [-0.25, -0.2) is 4.79 Å². The van der Waals surface area contributed by atoms with E-state index in [-0.39, 0.29) is 18.1 Å². The number of rotatable bonds is 6. The average Bonchev–Trinajstić information content (AvgIpc) is 2.34. The van der Waals surface area contributed by atoms with Crippen molar-refractivity contribution in [2.24, 2.45) is 0 Å². The van der Waals surface area contributed by atoms with Gasteiger partial charge in [-0.15, -0.1) is 0 Å². The fourth-order valence-corrected chi connectivity index (χ4v) is 2.27. The van der Waals surface area contributed by atoms with Crippen LogP contribution in [0.25, 0.3) is 0 Å². The van der Waals surface area contributed by atoms with Gasteiger partial charge in [-0.1, -0.05) is 12.1 Å². The lowest BCUT2D eigenvalue weighted by Crippen LogP contribution is -2.42. The minimum Gasteiger partial charge on any atom is -0.491 e. The second-order valence-corrected chi connectivity index (χ2v) is 5.50. The van der Waals surface area contributed by atoms with E-state index in [0.29, 0.717) is 11.3 Å². The van der Waals surface area contributed by atoms with Crippen LogP contribution in [0.4, 0.5) is 0 Å². The number of hydrogen-bond acceptors (Lipinski definition) is 3. The highest BCUT2D eigenvalue weighted by Gasteiger charge is 2.31. The van der Waals surface area contributed by atoms with Crippen molar-refractivity contribution in [1.82, 2.24) is 4.90 Å². The van der Waals surface area contributed by atoms with Crippen LogP contribution in [0.5, 0.6) is 5.75 Å². The quantitative estimate of drug-likeness (QED) is 0.875. The molecule has 1 N–H and O–H groups in total. The summed E-state index contributed by atoms with van der Waals surface area (Å²) in [6.45, 7) is 8.82. The van der Waals surface area contributed by atoms with E-state index in [9.17, 15) is 14.7 Å². The summed E-state index contributed by atoms with van der Waals surface area (Å²) in [6, 6.07) is 5.64. The molecule has 5 nitrogen and oxygen atoms in total. The van der Waals surface area contributed by atoms with Gasteiger partial charge in [-0.3, -0.25) is 4.79 Å². The number of hydrogen-bond donors (Lipinski definition) is 1. The Balaban J connectivity index is 3.11. The first-order chi connectivity index (χ1) is 9.73. The van der Waals surface area contributed by atoms with Crippen LogP contribution >= 0.6 is 0 Å². The molecule has 116 valence electrons. The maximum atomic E-state index is 11.8. The Labute approximate surface area is 125 Å². The number of carbonyl (C=O) groups excluding carboxylic acids is 1. The Morgan fingerprint density at radius 3 is 1.95 bits per heavy atom. The summed E-state index contributed by atoms with van der Waals surface area (Å²) in [5.41, 5.74) is 0.558. The maximum Gasteiger partial charge on any atom is 0.331 e. The number of amides is 1. The Kier molecular flexibility index (Phi) is 5.76. The molecule has 1 rings (SSSR count). The summed E-state index contributed by atoms with van der Waals surface area (Å²) < 4.78 is 5.54. The molecular weight excluding hydrogens is 270 g/mol. The third-order valence-electron chi connectivity index (χ3n) is 3.00. The highest BCUT2D eigenvalue weighted by atomic mass is 16.5. The predicted octanol–water partition coefficient (Wildman–Crippen LogP) is 2.86. The average molecular weight is 293 g/mol. The lowest BCUT2D eigenvalue weighted by molar-refractivity contribution is -0.151. The predicted molar refractivity (Wildman–Crippen MR) is 80.2 cm³/mol. The maximum absolute atomic E-state index is 11.8. The second-order valence-electron chi connectivity index (χ2n) is 5.50. The topological polar surface area (TPSA) is 66.8 Å². The molecule has 0 bridgehead atoms. The van der Waals surface area contributed by atoms with Crippen molar-refractivity contribution in [1.29, 1.82) is 0 Å². The molecule has 1 atom stereocenters. The van der Waals surface area contributed by atoms with Gasteiger partial charge in [-0.05, 0) is 45.4 Å². The fourth-order valence-electron chi connectivity index (χ4n) is 2.27. The zero-order chi connectivity index (χ0) is 16.2. The molecule has 0 radical (unpaired) electrons. The third-order valence-corrected chi connectivity index (χ3v) is 3.00. The SMILES string of the molecule is CC(=O)N(C(C)C)C(C(=O)O)c1ccc(OC(C)C)cc1. The molecule has 0 fully saturated rings. The van der Waals surface area contributed by atoms with E-state index in [0.717, 1.165) is 0 Å². The van der Waals surface area contributed by atoms with E-state index in [1.54, 1.807) is 38.1 Å². The molecule has 0 saturated carbocycles. The van der Waals surface area contributed by atoms with Crippen LogP contribution < -0.4 is 4.74 Å². The van der Waals surface area contributed by atoms with E-state index in [2.05, 4.69) is 0 Å². The molecule has 0 saturated heterocycles. The Morgan fingerprint density at radius 2 is 1.62 bits per heavy atom. The summed E-state index contributed by atoms with van der Waals surface area (Å²) in [6.07, 6.45) is 0.0514. The lowest BCUT2D eigenvalue weighted by atomic mass is 10.0. The first-order valence-electron chi connectivity index (χ1n) is 7.02. The minimum atomic E-state index is -1.04. The van der Waals surface area contributed by atoms with Crippen molar-refractivity contribution < 1.29 is 19.4 Å². The summed E-state index contributed by atoms with van der Waals surface area (Å²) in [7, 11) is 0. The first-order valence-corrected chi connectivity index (χ1v) is 7.02. The Morgan fingerprint density at radius 1 is 1.10 bits per heavy atom. The van der Waals surface area contributed by atoms with Crippen LogP contribution in [-0.2, 0) is 9.59 Å². The summed E-state index contributed by atoms with van der Waals surface area (Å²) in [4.78, 5) is 24.7. The van der Waals surface area contributed by atoms with Crippen molar-refractivity contribution in [2.45, 2.75) is 52.8 Å². The van der Waals surface area contributed by atoms with Gasteiger partial charge in [-0.2, -0.15) is 0 Å². The van der Waals surface area contributed by atoms with Gasteiger partial charge < -0.3 is 14.7 Å². The smallest absolute Gasteiger partial charge is 0.331 e. The molecule has 0 aliphatic rings. The van der Waals surface area contributed by atoms with Gasteiger partial charge in [0.1, 0.15) is 5.75 Å². The normalized spacial score (nSPS) is 12.3.